The van der Waals surface area contributed by atoms with Crippen LogP contribution in [0.4, 0.5) is 11.4 Å². The molecule has 1 aliphatic heterocycles. The molecular weight excluding hydrogens is 359 g/mol. The van der Waals surface area contributed by atoms with Crippen LogP contribution >= 0.6 is 23.2 Å². The third-order valence-corrected chi connectivity index (χ3v) is 4.91. The molecule has 132 valence electrons. The van der Waals surface area contributed by atoms with Crippen LogP contribution in [0.5, 0.6) is 0 Å². The normalized spacial score (nSPS) is 15.2. The SMILES string of the molecule is CCN1CCN(c2cncc(C(=O)Nc3cc(Cl)ccc3Cl)c2)CC1. The fourth-order valence-electron chi connectivity index (χ4n) is 2.83. The molecule has 3 rings (SSSR count). The van der Waals surface area contributed by atoms with Gasteiger partial charge in [-0.1, -0.05) is 30.1 Å². The van der Waals surface area contributed by atoms with Crippen molar-refractivity contribution in [3.05, 3.63) is 52.3 Å². The summed E-state index contributed by atoms with van der Waals surface area (Å²) in [6.07, 6.45) is 3.35. The molecule has 1 aromatic carbocycles. The number of carbonyl (C=O) groups is 1. The molecule has 25 heavy (non-hydrogen) atoms. The largest absolute Gasteiger partial charge is 0.368 e. The van der Waals surface area contributed by atoms with Crippen molar-refractivity contribution in [2.24, 2.45) is 0 Å². The van der Waals surface area contributed by atoms with Crippen LogP contribution in [0.25, 0.3) is 0 Å². The average molecular weight is 379 g/mol. The highest BCUT2D eigenvalue weighted by Crippen LogP contribution is 2.26. The molecule has 1 N–H and O–H groups in total. The maximum absolute atomic E-state index is 12.5. The molecule has 0 atom stereocenters. The van der Waals surface area contributed by atoms with Gasteiger partial charge in [0.05, 0.1) is 28.2 Å². The summed E-state index contributed by atoms with van der Waals surface area (Å²) >= 11 is 12.1. The Morgan fingerprint density at radius 3 is 2.64 bits per heavy atom. The van der Waals surface area contributed by atoms with Crippen LogP contribution in [-0.4, -0.2) is 48.5 Å². The molecule has 1 aliphatic rings. The number of nitrogens with zero attached hydrogens (tertiary/aromatic N) is 3. The number of hydrogen-bond donors (Lipinski definition) is 1. The third-order valence-electron chi connectivity index (χ3n) is 4.35. The minimum atomic E-state index is -0.259. The Balaban J connectivity index is 1.72. The fraction of sp³-hybridized carbons (Fsp3) is 0.333. The number of rotatable bonds is 4. The first-order valence-corrected chi connectivity index (χ1v) is 9.01. The maximum atomic E-state index is 12.5. The maximum Gasteiger partial charge on any atom is 0.257 e. The van der Waals surface area contributed by atoms with Gasteiger partial charge in [-0.25, -0.2) is 0 Å². The monoisotopic (exact) mass is 378 g/mol. The summed E-state index contributed by atoms with van der Waals surface area (Å²) in [4.78, 5) is 21.4. The highest BCUT2D eigenvalue weighted by atomic mass is 35.5. The molecule has 0 unspecified atom stereocenters. The zero-order valence-corrected chi connectivity index (χ0v) is 15.5. The van der Waals surface area contributed by atoms with Crippen molar-refractivity contribution in [1.82, 2.24) is 9.88 Å². The number of pyridine rings is 1. The standard InChI is InChI=1S/C18H20Cl2N4O/c1-2-23-5-7-24(8-6-23)15-9-13(11-21-12-15)18(25)22-17-10-14(19)3-4-16(17)20/h3-4,9-12H,2,5-8H2,1H3,(H,22,25). The average Bonchev–Trinajstić information content (AvgIpc) is 2.65. The minimum absolute atomic E-state index is 0.259. The number of amides is 1. The number of benzene rings is 1. The molecule has 1 aromatic heterocycles. The molecule has 1 fully saturated rings. The number of likely N-dealkylation sites (N-methyl/N-ethyl adjacent to an activating group) is 1. The fourth-order valence-corrected chi connectivity index (χ4v) is 3.17. The summed E-state index contributed by atoms with van der Waals surface area (Å²) in [5.41, 5.74) is 1.94. The number of hydrogen-bond acceptors (Lipinski definition) is 4. The quantitative estimate of drug-likeness (QED) is 0.879. The summed E-state index contributed by atoms with van der Waals surface area (Å²) in [7, 11) is 0. The van der Waals surface area contributed by atoms with Gasteiger partial charge in [-0.15, -0.1) is 0 Å². The Hall–Kier alpha value is -1.82. The Morgan fingerprint density at radius 1 is 1.16 bits per heavy atom. The van der Waals surface area contributed by atoms with Crippen molar-refractivity contribution in [3.63, 3.8) is 0 Å². The van der Waals surface area contributed by atoms with Gasteiger partial charge in [0.25, 0.3) is 5.91 Å². The van der Waals surface area contributed by atoms with E-state index in [1.54, 1.807) is 30.6 Å². The molecule has 1 amide bonds. The summed E-state index contributed by atoms with van der Waals surface area (Å²) in [5, 5.41) is 3.75. The zero-order valence-electron chi connectivity index (χ0n) is 14.0. The number of carbonyl (C=O) groups excluding carboxylic acids is 1. The van der Waals surface area contributed by atoms with Gasteiger partial charge in [0.2, 0.25) is 0 Å². The first-order valence-electron chi connectivity index (χ1n) is 8.25. The number of piperazine rings is 1. The van der Waals surface area contributed by atoms with E-state index in [0.717, 1.165) is 38.4 Å². The van der Waals surface area contributed by atoms with Crippen LogP contribution in [0.1, 0.15) is 17.3 Å². The molecule has 5 nitrogen and oxygen atoms in total. The lowest BCUT2D eigenvalue weighted by Crippen LogP contribution is -2.46. The van der Waals surface area contributed by atoms with Crippen LogP contribution in [0.2, 0.25) is 10.0 Å². The van der Waals surface area contributed by atoms with Crippen LogP contribution in [-0.2, 0) is 0 Å². The Labute approximate surface area is 157 Å². The third kappa shape index (κ3) is 4.42. The van der Waals surface area contributed by atoms with E-state index in [0.29, 0.717) is 21.3 Å². The van der Waals surface area contributed by atoms with Crippen molar-refractivity contribution >= 4 is 40.5 Å². The molecule has 7 heteroatoms. The topological polar surface area (TPSA) is 48.5 Å². The molecule has 0 radical (unpaired) electrons. The van der Waals surface area contributed by atoms with Crippen molar-refractivity contribution in [2.45, 2.75) is 6.92 Å². The number of nitrogens with one attached hydrogen (secondary N) is 1. The van der Waals surface area contributed by atoms with Crippen LogP contribution in [0.15, 0.2) is 36.7 Å². The van der Waals surface area contributed by atoms with Crippen LogP contribution in [0, 0.1) is 0 Å². The Bertz CT molecular complexity index is 760. The lowest BCUT2D eigenvalue weighted by molar-refractivity contribution is 0.102. The molecule has 0 saturated carbocycles. The Kier molecular flexibility index (Phi) is 5.78. The van der Waals surface area contributed by atoms with E-state index >= 15 is 0 Å². The van der Waals surface area contributed by atoms with E-state index in [1.807, 2.05) is 6.07 Å². The van der Waals surface area contributed by atoms with Gasteiger partial charge in [-0.2, -0.15) is 0 Å². The van der Waals surface area contributed by atoms with Gasteiger partial charge < -0.3 is 15.1 Å². The summed E-state index contributed by atoms with van der Waals surface area (Å²) in [6.45, 7) is 7.13. The van der Waals surface area contributed by atoms with Gasteiger partial charge in [-0.3, -0.25) is 9.78 Å². The highest BCUT2D eigenvalue weighted by molar-refractivity contribution is 6.35. The van der Waals surface area contributed by atoms with Crippen molar-refractivity contribution in [1.29, 1.82) is 0 Å². The zero-order chi connectivity index (χ0) is 17.8. The van der Waals surface area contributed by atoms with E-state index in [1.165, 1.54) is 0 Å². The number of aromatic nitrogens is 1. The first-order chi connectivity index (χ1) is 12.1. The highest BCUT2D eigenvalue weighted by Gasteiger charge is 2.17. The molecular formula is C18H20Cl2N4O. The van der Waals surface area contributed by atoms with Crippen molar-refractivity contribution in [3.8, 4) is 0 Å². The lowest BCUT2D eigenvalue weighted by Gasteiger charge is -2.35. The van der Waals surface area contributed by atoms with E-state index in [9.17, 15) is 4.79 Å². The molecule has 2 aromatic rings. The van der Waals surface area contributed by atoms with Crippen molar-refractivity contribution < 1.29 is 4.79 Å². The lowest BCUT2D eigenvalue weighted by atomic mass is 10.2. The van der Waals surface area contributed by atoms with E-state index in [-0.39, 0.29) is 5.91 Å². The second-order valence-corrected chi connectivity index (χ2v) is 6.78. The molecule has 1 saturated heterocycles. The van der Waals surface area contributed by atoms with Gasteiger partial charge in [0, 0.05) is 37.4 Å². The molecule has 2 heterocycles. The van der Waals surface area contributed by atoms with Gasteiger partial charge in [-0.05, 0) is 30.8 Å². The summed E-state index contributed by atoms with van der Waals surface area (Å²) < 4.78 is 0. The predicted molar refractivity (Wildman–Crippen MR) is 103 cm³/mol. The summed E-state index contributed by atoms with van der Waals surface area (Å²) in [5.74, 6) is -0.259. The number of anilines is 2. The predicted octanol–water partition coefficient (Wildman–Crippen LogP) is 3.78. The first kappa shape index (κ1) is 18.0. The van der Waals surface area contributed by atoms with E-state index < -0.39 is 0 Å². The summed E-state index contributed by atoms with van der Waals surface area (Å²) in [6, 6.07) is 6.82. The van der Waals surface area contributed by atoms with Gasteiger partial charge >= 0.3 is 0 Å². The molecule has 0 spiro atoms. The second kappa shape index (κ2) is 8.04. The molecule has 0 bridgehead atoms. The van der Waals surface area contributed by atoms with E-state index in [2.05, 4.69) is 27.0 Å². The second-order valence-electron chi connectivity index (χ2n) is 5.93. The van der Waals surface area contributed by atoms with Crippen LogP contribution < -0.4 is 10.2 Å². The minimum Gasteiger partial charge on any atom is -0.368 e. The molecule has 0 aliphatic carbocycles. The van der Waals surface area contributed by atoms with Gasteiger partial charge in [0.1, 0.15) is 0 Å². The van der Waals surface area contributed by atoms with Gasteiger partial charge in [0.15, 0.2) is 0 Å². The Morgan fingerprint density at radius 2 is 1.92 bits per heavy atom. The number of halogens is 2. The smallest absolute Gasteiger partial charge is 0.257 e. The van der Waals surface area contributed by atoms with Crippen LogP contribution in [0.3, 0.4) is 0 Å². The van der Waals surface area contributed by atoms with Crippen molar-refractivity contribution in [2.75, 3.05) is 42.9 Å². The van der Waals surface area contributed by atoms with E-state index in [4.69, 9.17) is 23.2 Å².